The smallest absolute Gasteiger partial charge is 0.328 e. The number of sulfone groups is 1. The zero-order valence-electron chi connectivity index (χ0n) is 24.8. The molecule has 0 aliphatic heterocycles. The molecule has 232 valence electrons. The van der Waals surface area contributed by atoms with Gasteiger partial charge >= 0.3 is 12.1 Å². The molecule has 0 saturated carbocycles. The van der Waals surface area contributed by atoms with Gasteiger partial charge < -0.3 is 20.1 Å². The monoisotopic (exact) mass is 630 g/mol. The standard InChI is InChI=1S/C32H30N4O8S/c1-33-31(39)35(29(37)25-9-5-7-11-27(25)43-3)21-13-17-23(18-14-21)45(41,42)24-19-15-22(16-20-24)36(32(40)34-2)30(38)26-10-6-8-12-28(26)44-4/h5-20H,1-4H3,(H,33,39)(H,34,40). The maximum atomic E-state index is 13.5. The third-order valence-electron chi connectivity index (χ3n) is 6.73. The Morgan fingerprint density at radius 1 is 0.556 bits per heavy atom. The van der Waals surface area contributed by atoms with E-state index < -0.39 is 33.7 Å². The molecule has 0 aliphatic rings. The molecule has 6 amide bonds. The number of imide groups is 2. The Kier molecular flexibility index (Phi) is 9.84. The van der Waals surface area contributed by atoms with E-state index in [4.69, 9.17) is 9.47 Å². The Hall–Kier alpha value is -5.69. The number of hydrogen-bond acceptors (Lipinski definition) is 8. The Labute approximate surface area is 260 Å². The molecule has 2 N–H and O–H groups in total. The van der Waals surface area contributed by atoms with E-state index in [2.05, 4.69) is 10.6 Å². The molecule has 0 fully saturated rings. The third kappa shape index (κ3) is 6.48. The summed E-state index contributed by atoms with van der Waals surface area (Å²) in [6, 6.07) is 21.7. The fourth-order valence-corrected chi connectivity index (χ4v) is 5.71. The van der Waals surface area contributed by atoms with Crippen molar-refractivity contribution in [1.82, 2.24) is 10.6 Å². The zero-order valence-corrected chi connectivity index (χ0v) is 25.6. The number of nitrogens with zero attached hydrogens (tertiary/aromatic N) is 2. The molecular formula is C32H30N4O8S. The molecule has 12 nitrogen and oxygen atoms in total. The van der Waals surface area contributed by atoms with E-state index in [0.29, 0.717) is 0 Å². The minimum absolute atomic E-state index is 0.117. The van der Waals surface area contributed by atoms with Crippen molar-refractivity contribution >= 4 is 45.1 Å². The van der Waals surface area contributed by atoms with Crippen LogP contribution in [0, 0.1) is 0 Å². The molecule has 0 saturated heterocycles. The highest BCUT2D eigenvalue weighted by Crippen LogP contribution is 2.29. The molecule has 0 heterocycles. The predicted molar refractivity (Wildman–Crippen MR) is 167 cm³/mol. The minimum atomic E-state index is -4.09. The Balaban J connectivity index is 1.65. The van der Waals surface area contributed by atoms with Gasteiger partial charge in [0.2, 0.25) is 9.84 Å². The van der Waals surface area contributed by atoms with Crippen molar-refractivity contribution in [2.24, 2.45) is 0 Å². The minimum Gasteiger partial charge on any atom is -0.496 e. The highest BCUT2D eigenvalue weighted by molar-refractivity contribution is 7.91. The average Bonchev–Trinajstić information content (AvgIpc) is 3.08. The lowest BCUT2D eigenvalue weighted by Gasteiger charge is -2.22. The normalized spacial score (nSPS) is 10.8. The molecule has 4 aromatic carbocycles. The van der Waals surface area contributed by atoms with Gasteiger partial charge in [0.25, 0.3) is 11.8 Å². The van der Waals surface area contributed by atoms with E-state index >= 15 is 0 Å². The van der Waals surface area contributed by atoms with Crippen molar-refractivity contribution in [1.29, 1.82) is 0 Å². The molecule has 0 aromatic heterocycles. The maximum absolute atomic E-state index is 13.5. The van der Waals surface area contributed by atoms with Crippen LogP contribution in [-0.4, -0.2) is 60.6 Å². The molecule has 13 heteroatoms. The second-order valence-electron chi connectivity index (χ2n) is 9.28. The van der Waals surface area contributed by atoms with Crippen LogP contribution in [0.4, 0.5) is 21.0 Å². The van der Waals surface area contributed by atoms with Gasteiger partial charge in [-0.15, -0.1) is 0 Å². The molecule has 45 heavy (non-hydrogen) atoms. The summed E-state index contributed by atoms with van der Waals surface area (Å²) in [5, 5.41) is 4.83. The van der Waals surface area contributed by atoms with Crippen LogP contribution in [-0.2, 0) is 9.84 Å². The molecule has 0 aliphatic carbocycles. The summed E-state index contributed by atoms with van der Waals surface area (Å²) in [6.45, 7) is 0. The van der Waals surface area contributed by atoms with Gasteiger partial charge in [-0.1, -0.05) is 24.3 Å². The van der Waals surface area contributed by atoms with Crippen molar-refractivity contribution < 1.29 is 37.1 Å². The topological polar surface area (TPSA) is 151 Å². The number of carbonyl (C=O) groups excluding carboxylic acids is 4. The molecule has 0 unspecified atom stereocenters. The van der Waals surface area contributed by atoms with Crippen molar-refractivity contribution in [3.05, 3.63) is 108 Å². The van der Waals surface area contributed by atoms with E-state index in [-0.39, 0.29) is 43.8 Å². The number of urea groups is 2. The van der Waals surface area contributed by atoms with E-state index in [9.17, 15) is 27.6 Å². The maximum Gasteiger partial charge on any atom is 0.328 e. The first-order chi connectivity index (χ1) is 21.6. The van der Waals surface area contributed by atoms with Gasteiger partial charge in [-0.2, -0.15) is 0 Å². The number of amides is 6. The molecule has 4 aromatic rings. The third-order valence-corrected chi connectivity index (χ3v) is 8.51. The lowest BCUT2D eigenvalue weighted by molar-refractivity contribution is 0.0981. The van der Waals surface area contributed by atoms with Gasteiger partial charge in [0.1, 0.15) is 11.5 Å². The van der Waals surface area contributed by atoms with Crippen molar-refractivity contribution in [2.45, 2.75) is 9.79 Å². The number of nitrogens with one attached hydrogen (secondary N) is 2. The first-order valence-electron chi connectivity index (χ1n) is 13.4. The number of para-hydroxylation sites is 2. The van der Waals surface area contributed by atoms with Gasteiger partial charge in [-0.25, -0.2) is 27.8 Å². The van der Waals surface area contributed by atoms with Crippen LogP contribution >= 0.6 is 0 Å². The van der Waals surface area contributed by atoms with Crippen molar-refractivity contribution in [3.63, 3.8) is 0 Å². The van der Waals surface area contributed by atoms with Gasteiger partial charge in [-0.05, 0) is 72.8 Å². The van der Waals surface area contributed by atoms with Crippen LogP contribution in [0.15, 0.2) is 107 Å². The number of benzene rings is 4. The molecule has 0 atom stereocenters. The van der Waals surface area contributed by atoms with Gasteiger partial charge in [0, 0.05) is 14.1 Å². The number of hydrogen-bond donors (Lipinski definition) is 2. The molecule has 4 rings (SSSR count). The lowest BCUT2D eigenvalue weighted by atomic mass is 10.1. The summed E-state index contributed by atoms with van der Waals surface area (Å²) >= 11 is 0. The average molecular weight is 631 g/mol. The summed E-state index contributed by atoms with van der Waals surface area (Å²) in [6.07, 6.45) is 0. The van der Waals surface area contributed by atoms with Gasteiger partial charge in [0.05, 0.1) is 46.5 Å². The second-order valence-corrected chi connectivity index (χ2v) is 11.2. The Morgan fingerprint density at radius 2 is 0.889 bits per heavy atom. The number of methoxy groups -OCH3 is 2. The van der Waals surface area contributed by atoms with Crippen molar-refractivity contribution in [3.8, 4) is 11.5 Å². The number of carbonyl (C=O) groups is 4. The van der Waals surface area contributed by atoms with Gasteiger partial charge in [0.15, 0.2) is 0 Å². The lowest BCUT2D eigenvalue weighted by Crippen LogP contribution is -2.42. The Bertz CT molecular complexity index is 1710. The van der Waals surface area contributed by atoms with Crippen LogP contribution in [0.5, 0.6) is 11.5 Å². The van der Waals surface area contributed by atoms with Gasteiger partial charge in [-0.3, -0.25) is 9.59 Å². The molecular weight excluding hydrogens is 600 g/mol. The van der Waals surface area contributed by atoms with Crippen LogP contribution in [0.25, 0.3) is 0 Å². The number of rotatable bonds is 8. The predicted octanol–water partition coefficient (Wildman–Crippen LogP) is 4.51. The zero-order chi connectivity index (χ0) is 32.7. The second kappa shape index (κ2) is 13.7. The van der Waals surface area contributed by atoms with Crippen molar-refractivity contribution in [2.75, 3.05) is 38.1 Å². The van der Waals surface area contributed by atoms with E-state index in [1.807, 2.05) is 0 Å². The summed E-state index contributed by atoms with van der Waals surface area (Å²) in [4.78, 5) is 53.7. The quantitative estimate of drug-likeness (QED) is 0.289. The highest BCUT2D eigenvalue weighted by atomic mass is 32.2. The molecule has 0 bridgehead atoms. The summed E-state index contributed by atoms with van der Waals surface area (Å²) in [5.41, 5.74) is 0.511. The van der Waals surface area contributed by atoms with E-state index in [0.717, 1.165) is 9.80 Å². The fraction of sp³-hybridized carbons (Fsp3) is 0.125. The van der Waals surface area contributed by atoms with Crippen LogP contribution in [0.2, 0.25) is 0 Å². The van der Waals surface area contributed by atoms with E-state index in [1.165, 1.54) is 89.0 Å². The van der Waals surface area contributed by atoms with Crippen LogP contribution in [0.1, 0.15) is 20.7 Å². The summed E-state index contributed by atoms with van der Waals surface area (Å²) < 4.78 is 37.5. The molecule has 0 radical (unpaired) electrons. The van der Waals surface area contributed by atoms with E-state index in [1.54, 1.807) is 36.4 Å². The molecule has 0 spiro atoms. The largest absolute Gasteiger partial charge is 0.496 e. The fourth-order valence-electron chi connectivity index (χ4n) is 4.45. The summed E-state index contributed by atoms with van der Waals surface area (Å²) in [7, 11) is 1.44. The van der Waals surface area contributed by atoms with Crippen LogP contribution < -0.4 is 29.9 Å². The Morgan fingerprint density at radius 3 is 1.20 bits per heavy atom. The number of ether oxygens (including phenoxy) is 2. The number of anilines is 2. The SMILES string of the molecule is CNC(=O)N(C(=O)c1ccccc1OC)c1ccc(S(=O)(=O)c2ccc(N(C(=O)NC)C(=O)c3ccccc3OC)cc2)cc1. The first kappa shape index (κ1) is 32.2. The van der Waals surface area contributed by atoms with Crippen LogP contribution in [0.3, 0.4) is 0 Å². The summed E-state index contributed by atoms with van der Waals surface area (Å²) in [5.74, 6) is -0.833. The first-order valence-corrected chi connectivity index (χ1v) is 14.9. The highest BCUT2D eigenvalue weighted by Gasteiger charge is 2.29.